The summed E-state index contributed by atoms with van der Waals surface area (Å²) in [5, 5.41) is 6.45. The summed E-state index contributed by atoms with van der Waals surface area (Å²) >= 11 is 0. The molecular formula is C16H35IN4O. The number of rotatable bonds is 11. The molecule has 0 fully saturated rings. The van der Waals surface area contributed by atoms with Gasteiger partial charge in [-0.05, 0) is 6.42 Å². The number of amides is 1. The van der Waals surface area contributed by atoms with E-state index in [0.29, 0.717) is 13.0 Å². The van der Waals surface area contributed by atoms with Gasteiger partial charge in [-0.15, -0.1) is 24.0 Å². The fourth-order valence-corrected chi connectivity index (χ4v) is 2.02. The van der Waals surface area contributed by atoms with Crippen LogP contribution in [0, 0.1) is 0 Å². The van der Waals surface area contributed by atoms with Gasteiger partial charge in [0, 0.05) is 40.7 Å². The predicted octanol–water partition coefficient (Wildman–Crippen LogP) is 3.00. The van der Waals surface area contributed by atoms with Gasteiger partial charge in [-0.3, -0.25) is 9.79 Å². The number of hydrogen-bond donors (Lipinski definition) is 2. The van der Waals surface area contributed by atoms with Gasteiger partial charge in [0.1, 0.15) is 0 Å². The van der Waals surface area contributed by atoms with Crippen LogP contribution in [0.4, 0.5) is 0 Å². The van der Waals surface area contributed by atoms with Crippen LogP contribution in [0.1, 0.15) is 58.3 Å². The molecule has 6 heteroatoms. The first-order valence-corrected chi connectivity index (χ1v) is 8.26. The Morgan fingerprint density at radius 1 is 0.955 bits per heavy atom. The summed E-state index contributed by atoms with van der Waals surface area (Å²) in [7, 11) is 5.31. The second-order valence-corrected chi connectivity index (χ2v) is 5.59. The molecule has 0 radical (unpaired) electrons. The quantitative estimate of drug-likeness (QED) is 0.231. The molecule has 0 heterocycles. The largest absolute Gasteiger partial charge is 0.356 e. The zero-order chi connectivity index (χ0) is 15.9. The average Bonchev–Trinajstić information content (AvgIpc) is 2.47. The van der Waals surface area contributed by atoms with Gasteiger partial charge in [0.05, 0.1) is 0 Å². The smallest absolute Gasteiger partial charge is 0.223 e. The molecule has 0 bridgehead atoms. The van der Waals surface area contributed by atoms with E-state index < -0.39 is 0 Å². The molecular weight excluding hydrogens is 391 g/mol. The van der Waals surface area contributed by atoms with E-state index in [1.165, 1.54) is 44.9 Å². The van der Waals surface area contributed by atoms with Crippen molar-refractivity contribution >= 4 is 35.8 Å². The first-order valence-electron chi connectivity index (χ1n) is 8.26. The second kappa shape index (κ2) is 16.8. The number of aliphatic imine (C=N–C) groups is 1. The Labute approximate surface area is 153 Å². The van der Waals surface area contributed by atoms with E-state index in [4.69, 9.17) is 0 Å². The SMILES string of the molecule is CCCCCCCCCNC(=NC)NCCC(=O)N(C)C.I. The van der Waals surface area contributed by atoms with Crippen molar-refractivity contribution < 1.29 is 4.79 Å². The lowest BCUT2D eigenvalue weighted by atomic mass is 10.1. The van der Waals surface area contributed by atoms with Crippen LogP contribution in [0.25, 0.3) is 0 Å². The van der Waals surface area contributed by atoms with Crippen LogP contribution in [0.15, 0.2) is 4.99 Å². The number of unbranched alkanes of at least 4 members (excludes halogenated alkanes) is 6. The molecule has 0 rings (SSSR count). The Hall–Kier alpha value is -0.530. The molecule has 0 unspecified atom stereocenters. The molecule has 0 saturated heterocycles. The highest BCUT2D eigenvalue weighted by Crippen LogP contribution is 2.06. The molecule has 0 aliphatic carbocycles. The topological polar surface area (TPSA) is 56.7 Å². The number of hydrogen-bond acceptors (Lipinski definition) is 2. The van der Waals surface area contributed by atoms with E-state index >= 15 is 0 Å². The number of nitrogens with zero attached hydrogens (tertiary/aromatic N) is 2. The Kier molecular flexibility index (Phi) is 18.2. The molecule has 2 N–H and O–H groups in total. The van der Waals surface area contributed by atoms with Crippen LogP contribution in [0.5, 0.6) is 0 Å². The third kappa shape index (κ3) is 14.4. The third-order valence-corrected chi connectivity index (χ3v) is 3.43. The second-order valence-electron chi connectivity index (χ2n) is 5.59. The minimum Gasteiger partial charge on any atom is -0.356 e. The number of halogens is 1. The van der Waals surface area contributed by atoms with Crippen LogP contribution in [-0.4, -0.2) is 51.0 Å². The van der Waals surface area contributed by atoms with Crippen molar-refractivity contribution in [3.8, 4) is 0 Å². The highest BCUT2D eigenvalue weighted by atomic mass is 127. The molecule has 0 atom stereocenters. The van der Waals surface area contributed by atoms with Gasteiger partial charge >= 0.3 is 0 Å². The van der Waals surface area contributed by atoms with Gasteiger partial charge in [-0.2, -0.15) is 0 Å². The van der Waals surface area contributed by atoms with Gasteiger partial charge in [-0.25, -0.2) is 0 Å². The molecule has 0 aromatic carbocycles. The van der Waals surface area contributed by atoms with Crippen LogP contribution in [0.2, 0.25) is 0 Å². The van der Waals surface area contributed by atoms with E-state index in [1.54, 1.807) is 26.0 Å². The number of nitrogens with one attached hydrogen (secondary N) is 2. The minimum absolute atomic E-state index is 0. The minimum atomic E-state index is 0. The zero-order valence-electron chi connectivity index (χ0n) is 14.8. The maximum atomic E-state index is 11.4. The summed E-state index contributed by atoms with van der Waals surface area (Å²) in [5.74, 6) is 0.914. The molecule has 1 amide bonds. The standard InChI is InChI=1S/C16H34N4O.HI/c1-5-6-7-8-9-10-11-13-18-16(17-2)19-14-12-15(21)20(3)4;/h5-14H2,1-4H3,(H2,17,18,19);1H. The maximum absolute atomic E-state index is 11.4. The van der Waals surface area contributed by atoms with Gasteiger partial charge in [0.2, 0.25) is 5.91 Å². The molecule has 0 aromatic rings. The lowest BCUT2D eigenvalue weighted by Gasteiger charge is -2.13. The normalized spacial score (nSPS) is 10.8. The van der Waals surface area contributed by atoms with E-state index in [-0.39, 0.29) is 29.9 Å². The van der Waals surface area contributed by atoms with Gasteiger partial charge in [0.15, 0.2) is 5.96 Å². The van der Waals surface area contributed by atoms with Crippen LogP contribution in [0.3, 0.4) is 0 Å². The van der Waals surface area contributed by atoms with E-state index in [9.17, 15) is 4.79 Å². The van der Waals surface area contributed by atoms with E-state index in [1.807, 2.05) is 0 Å². The molecule has 0 spiro atoms. The van der Waals surface area contributed by atoms with Crippen molar-refractivity contribution in [1.82, 2.24) is 15.5 Å². The highest BCUT2D eigenvalue weighted by molar-refractivity contribution is 14.0. The van der Waals surface area contributed by atoms with Crippen molar-refractivity contribution in [2.75, 3.05) is 34.2 Å². The Balaban J connectivity index is 0. The van der Waals surface area contributed by atoms with Crippen molar-refractivity contribution in [2.24, 2.45) is 4.99 Å². The Bertz CT molecular complexity index is 296. The summed E-state index contributed by atoms with van der Waals surface area (Å²) in [6.45, 7) is 3.80. The van der Waals surface area contributed by atoms with Crippen molar-refractivity contribution in [3.05, 3.63) is 0 Å². The number of carbonyl (C=O) groups excluding carboxylic acids is 1. The molecule has 0 aromatic heterocycles. The number of carbonyl (C=O) groups is 1. The van der Waals surface area contributed by atoms with E-state index in [2.05, 4.69) is 22.5 Å². The first kappa shape index (κ1) is 23.7. The fourth-order valence-electron chi connectivity index (χ4n) is 2.02. The zero-order valence-corrected chi connectivity index (χ0v) is 17.1. The Morgan fingerprint density at radius 3 is 2.05 bits per heavy atom. The Morgan fingerprint density at radius 2 is 1.50 bits per heavy atom. The van der Waals surface area contributed by atoms with Crippen LogP contribution >= 0.6 is 24.0 Å². The van der Waals surface area contributed by atoms with Crippen molar-refractivity contribution in [3.63, 3.8) is 0 Å². The highest BCUT2D eigenvalue weighted by Gasteiger charge is 2.03. The summed E-state index contributed by atoms with van der Waals surface area (Å²) in [6, 6.07) is 0. The molecule has 0 saturated carbocycles. The van der Waals surface area contributed by atoms with Gasteiger partial charge < -0.3 is 15.5 Å². The lowest BCUT2D eigenvalue weighted by Crippen LogP contribution is -2.39. The summed E-state index contributed by atoms with van der Waals surface area (Å²) in [6.07, 6.45) is 9.65. The summed E-state index contributed by atoms with van der Waals surface area (Å²) in [5.41, 5.74) is 0. The monoisotopic (exact) mass is 426 g/mol. The molecule has 5 nitrogen and oxygen atoms in total. The molecule has 132 valence electrons. The van der Waals surface area contributed by atoms with Crippen molar-refractivity contribution in [1.29, 1.82) is 0 Å². The van der Waals surface area contributed by atoms with Crippen LogP contribution in [-0.2, 0) is 4.79 Å². The summed E-state index contributed by atoms with van der Waals surface area (Å²) in [4.78, 5) is 17.2. The lowest BCUT2D eigenvalue weighted by molar-refractivity contribution is -0.128. The number of guanidine groups is 1. The maximum Gasteiger partial charge on any atom is 0.223 e. The first-order chi connectivity index (χ1) is 10.1. The molecule has 22 heavy (non-hydrogen) atoms. The van der Waals surface area contributed by atoms with Gasteiger partial charge in [0.25, 0.3) is 0 Å². The fraction of sp³-hybridized carbons (Fsp3) is 0.875. The molecule has 0 aliphatic rings. The molecule has 0 aliphatic heterocycles. The average molecular weight is 426 g/mol. The predicted molar refractivity (Wildman–Crippen MR) is 106 cm³/mol. The van der Waals surface area contributed by atoms with Gasteiger partial charge in [-0.1, -0.05) is 45.4 Å². The van der Waals surface area contributed by atoms with Crippen LogP contribution < -0.4 is 10.6 Å². The van der Waals surface area contributed by atoms with E-state index in [0.717, 1.165) is 12.5 Å². The summed E-state index contributed by atoms with van der Waals surface area (Å²) < 4.78 is 0. The van der Waals surface area contributed by atoms with Crippen molar-refractivity contribution in [2.45, 2.75) is 58.3 Å². The third-order valence-electron chi connectivity index (χ3n) is 3.43.